The van der Waals surface area contributed by atoms with Crippen molar-refractivity contribution in [2.45, 2.75) is 19.8 Å². The summed E-state index contributed by atoms with van der Waals surface area (Å²) in [5, 5.41) is 4.49. The predicted molar refractivity (Wildman–Crippen MR) is 71.7 cm³/mol. The van der Waals surface area contributed by atoms with Crippen LogP contribution >= 0.6 is 51.1 Å². The number of hydrogen-bond donors (Lipinski definition) is 0. The van der Waals surface area contributed by atoms with Crippen LogP contribution in [0.3, 0.4) is 0 Å². The lowest BCUT2D eigenvalue weighted by atomic mass is 10.3. The van der Waals surface area contributed by atoms with Crippen LogP contribution in [0.4, 0.5) is 0 Å². The molecule has 1 atom stereocenters. The molecule has 1 aromatic rings. The molecule has 78 valence electrons. The van der Waals surface area contributed by atoms with E-state index in [0.717, 1.165) is 18.8 Å². The first kappa shape index (κ1) is 11.5. The molecule has 2 rings (SSSR count). The van der Waals surface area contributed by atoms with Gasteiger partial charge in [-0.25, -0.2) is 0 Å². The molecule has 1 aromatic heterocycles. The second-order valence-corrected chi connectivity index (χ2v) is 5.69. The Labute approximate surface area is 111 Å². The van der Waals surface area contributed by atoms with Crippen LogP contribution in [0.25, 0.3) is 0 Å². The third kappa shape index (κ3) is 2.40. The van der Waals surface area contributed by atoms with E-state index in [4.69, 9.17) is 9.26 Å². The van der Waals surface area contributed by atoms with Gasteiger partial charge in [0, 0.05) is 0 Å². The van der Waals surface area contributed by atoms with E-state index in [1.807, 2.05) is 4.68 Å². The van der Waals surface area contributed by atoms with Crippen LogP contribution in [-0.4, -0.2) is 16.4 Å². The largest absolute Gasteiger partial charge is 0.373 e. The van der Waals surface area contributed by atoms with E-state index in [9.17, 15) is 0 Å². The summed E-state index contributed by atoms with van der Waals surface area (Å²) in [6, 6.07) is 0. The quantitative estimate of drug-likeness (QED) is 0.538. The van der Waals surface area contributed by atoms with Crippen molar-refractivity contribution in [3.63, 3.8) is 0 Å². The molecule has 4 nitrogen and oxygen atoms in total. The number of rotatable bonds is 3. The minimum absolute atomic E-state index is 0.489. The number of hydrogen-bond acceptors (Lipinski definition) is 3. The lowest BCUT2D eigenvalue weighted by Crippen LogP contribution is -2.17. The van der Waals surface area contributed by atoms with Crippen molar-refractivity contribution in [2.75, 3.05) is 6.61 Å². The Bertz CT molecular complexity index is 332. The Hall–Kier alpha value is 1.02. The molecule has 2 heterocycles. The van der Waals surface area contributed by atoms with Crippen molar-refractivity contribution in [1.29, 1.82) is 0 Å². The Morgan fingerprint density at radius 3 is 3.21 bits per heavy atom. The van der Waals surface area contributed by atoms with Crippen LogP contribution in [0.1, 0.15) is 11.4 Å². The summed E-state index contributed by atoms with van der Waals surface area (Å²) in [4.78, 5) is 0. The topological polar surface area (TPSA) is 36.3 Å². The van der Waals surface area contributed by atoms with Crippen LogP contribution in [0, 0.1) is 3.57 Å². The zero-order valence-corrected chi connectivity index (χ0v) is 12.6. The average molecular weight is 438 g/mol. The van der Waals surface area contributed by atoms with E-state index in [1.165, 1.54) is 9.26 Å². The van der Waals surface area contributed by atoms with Gasteiger partial charge >= 0.3 is 0 Å². The van der Waals surface area contributed by atoms with Crippen LogP contribution in [0.15, 0.2) is 0 Å². The van der Waals surface area contributed by atoms with E-state index >= 15 is 0 Å². The number of aromatic nitrogens is 2. The van der Waals surface area contributed by atoms with Crippen molar-refractivity contribution in [2.24, 2.45) is 0 Å². The van der Waals surface area contributed by atoms with Crippen molar-refractivity contribution >= 4 is 51.1 Å². The van der Waals surface area contributed by atoms with E-state index in [0.29, 0.717) is 19.7 Å². The molecule has 0 saturated carbocycles. The number of nitrogens with zero attached hydrogens (tertiary/aromatic N) is 2. The molecule has 1 unspecified atom stereocenters. The molecule has 0 bridgehead atoms. The molecule has 0 radical (unpaired) electrons. The van der Waals surface area contributed by atoms with Gasteiger partial charge in [0.15, 0.2) is 0 Å². The summed E-state index contributed by atoms with van der Waals surface area (Å²) >= 11 is 4.53. The van der Waals surface area contributed by atoms with Gasteiger partial charge < -0.3 is 9.26 Å². The first-order valence-electron chi connectivity index (χ1n) is 4.12. The first-order chi connectivity index (χ1) is 6.83. The summed E-state index contributed by atoms with van der Waals surface area (Å²) in [5.74, 6) is 0. The smallest absolute Gasteiger partial charge is 0.102 e. The first-order valence-corrected chi connectivity index (χ1v) is 9.22. The zero-order valence-electron chi connectivity index (χ0n) is 7.30. The molecule has 1 aliphatic rings. The summed E-state index contributed by atoms with van der Waals surface area (Å²) in [6.45, 7) is 3.40. The molecule has 0 aliphatic carbocycles. The molecule has 14 heavy (non-hydrogen) atoms. The van der Waals surface area contributed by atoms with E-state index in [2.05, 4.69) is 49.7 Å². The highest BCUT2D eigenvalue weighted by Gasteiger charge is 2.18. The summed E-state index contributed by atoms with van der Waals surface area (Å²) in [5.41, 5.74) is 2.22. The van der Waals surface area contributed by atoms with Crippen molar-refractivity contribution < 1.29 is 9.26 Å². The normalized spacial score (nSPS) is 16.4. The summed E-state index contributed by atoms with van der Waals surface area (Å²) in [7, 11) is 0. The van der Waals surface area contributed by atoms with E-state index in [-0.39, 0.29) is 0 Å². The Morgan fingerprint density at radius 1 is 1.64 bits per heavy atom. The van der Waals surface area contributed by atoms with Gasteiger partial charge in [0.05, 0.1) is 42.1 Å². The van der Waals surface area contributed by atoms with E-state index in [1.54, 1.807) is 0 Å². The maximum Gasteiger partial charge on any atom is 0.102 e. The maximum atomic E-state index is 5.39. The Kier molecular flexibility index (Phi) is 4.42. The van der Waals surface area contributed by atoms with Gasteiger partial charge in [-0.2, -0.15) is 5.10 Å². The van der Waals surface area contributed by atoms with Crippen molar-refractivity contribution in [3.05, 3.63) is 15.0 Å². The Balaban J connectivity index is 2.20. The van der Waals surface area contributed by atoms with Crippen LogP contribution in [0.5, 0.6) is 0 Å². The number of fused-ring (bicyclic) bond motifs is 1. The van der Waals surface area contributed by atoms with Gasteiger partial charge in [0.2, 0.25) is 0 Å². The van der Waals surface area contributed by atoms with Gasteiger partial charge in [-0.3, -0.25) is 4.68 Å². The monoisotopic (exact) mass is 438 g/mol. The average Bonchev–Trinajstić information content (AvgIpc) is 2.54. The molecule has 0 spiro atoms. The zero-order chi connectivity index (χ0) is 9.97. The second kappa shape index (κ2) is 5.38. The fraction of sp³-hybridized carbons (Fsp3) is 0.571. The van der Waals surface area contributed by atoms with Crippen LogP contribution in [0.2, 0.25) is 0 Å². The second-order valence-electron chi connectivity index (χ2n) is 2.85. The molecule has 0 N–H and O–H groups in total. The van der Waals surface area contributed by atoms with Gasteiger partial charge in [0.25, 0.3) is 0 Å². The lowest BCUT2D eigenvalue weighted by Gasteiger charge is -2.13. The minimum Gasteiger partial charge on any atom is -0.373 e. The van der Waals surface area contributed by atoms with Crippen LogP contribution in [-0.2, 0) is 29.0 Å². The molecule has 0 amide bonds. The SMILES string of the molecule is IPOCc1nn2c(c1I)COCC2. The molecule has 0 fully saturated rings. The van der Waals surface area contributed by atoms with Gasteiger partial charge in [-0.05, 0) is 44.6 Å². The fourth-order valence-electron chi connectivity index (χ4n) is 1.36. The maximum absolute atomic E-state index is 5.39. The highest BCUT2D eigenvalue weighted by atomic mass is 127. The highest BCUT2D eigenvalue weighted by Crippen LogP contribution is 2.27. The van der Waals surface area contributed by atoms with Crippen molar-refractivity contribution in [1.82, 2.24) is 9.78 Å². The fourth-order valence-corrected chi connectivity index (χ4v) is 2.72. The molecule has 1 aliphatic heterocycles. The standard InChI is InChI=1S/C7H9I2N2O2P/c8-7-5(3-13-14-9)10-11-1-2-12-4-6(7)11/h14H,1-4H2. The molecular formula is C7H9I2N2O2P. The van der Waals surface area contributed by atoms with Gasteiger partial charge in [-0.1, -0.05) is 0 Å². The molecular weight excluding hydrogens is 429 g/mol. The van der Waals surface area contributed by atoms with Crippen LogP contribution < -0.4 is 0 Å². The van der Waals surface area contributed by atoms with Gasteiger partial charge in [0.1, 0.15) is 5.69 Å². The Morgan fingerprint density at radius 2 is 2.50 bits per heavy atom. The summed E-state index contributed by atoms with van der Waals surface area (Å²) < 4.78 is 14.0. The van der Waals surface area contributed by atoms with Gasteiger partial charge in [-0.15, -0.1) is 0 Å². The van der Waals surface area contributed by atoms with Crippen molar-refractivity contribution in [3.8, 4) is 0 Å². The lowest BCUT2D eigenvalue weighted by molar-refractivity contribution is 0.0794. The molecule has 0 saturated heterocycles. The predicted octanol–water partition coefficient (Wildman–Crippen LogP) is 2.48. The highest BCUT2D eigenvalue weighted by molar-refractivity contribution is 14.2. The molecule has 0 aromatic carbocycles. The third-order valence-electron chi connectivity index (χ3n) is 2.01. The number of ether oxygens (including phenoxy) is 1. The van der Waals surface area contributed by atoms with E-state index < -0.39 is 0 Å². The number of halogens is 2. The molecule has 7 heteroatoms. The third-order valence-corrected chi connectivity index (χ3v) is 4.44. The summed E-state index contributed by atoms with van der Waals surface area (Å²) in [6.07, 6.45) is 0. The minimum atomic E-state index is 0.489.